The minimum absolute atomic E-state index is 0.348. The largest absolute Gasteiger partial charge is 0.390 e. The molecule has 0 heterocycles. The highest BCUT2D eigenvalue weighted by molar-refractivity contribution is 5.84. The molecule has 0 saturated heterocycles. The van der Waals surface area contributed by atoms with Crippen LogP contribution in [-0.4, -0.2) is 40.0 Å². The second-order valence-corrected chi connectivity index (χ2v) is 5.43. The van der Waals surface area contributed by atoms with Crippen molar-refractivity contribution in [2.75, 3.05) is 12.0 Å². The lowest BCUT2D eigenvalue weighted by molar-refractivity contribution is -0.170. The minimum Gasteiger partial charge on any atom is -0.390 e. The molecule has 0 aliphatic rings. The third-order valence-corrected chi connectivity index (χ3v) is 3.35. The van der Waals surface area contributed by atoms with E-state index in [1.165, 1.54) is 12.1 Å². The third kappa shape index (κ3) is 5.75. The van der Waals surface area contributed by atoms with E-state index < -0.39 is 18.0 Å². The van der Waals surface area contributed by atoms with Crippen molar-refractivity contribution in [3.63, 3.8) is 0 Å². The standard InChI is InChI=1S/C18H22N2O4/c1-14(21)18(23)17(22)13-24-20(12-15-8-4-2-5-9-15)19-16-10-6-3-7-11-16/h2-11,14,18-19,21,23H,12-13H2,1H3/t14-,18-/m0/s1. The molecule has 0 aliphatic heterocycles. The molecule has 6 nitrogen and oxygen atoms in total. The number of ketones is 1. The number of hydroxylamine groups is 1. The van der Waals surface area contributed by atoms with Crippen LogP contribution >= 0.6 is 0 Å². The highest BCUT2D eigenvalue weighted by Crippen LogP contribution is 2.11. The number of nitrogens with one attached hydrogen (secondary N) is 1. The van der Waals surface area contributed by atoms with Gasteiger partial charge in [0.25, 0.3) is 0 Å². The van der Waals surface area contributed by atoms with Gasteiger partial charge < -0.3 is 10.2 Å². The van der Waals surface area contributed by atoms with E-state index in [1.807, 2.05) is 60.7 Å². The number of Topliss-reactive ketones (excluding diaryl/α,β-unsaturated/α-hetero) is 1. The van der Waals surface area contributed by atoms with E-state index in [9.17, 15) is 15.0 Å². The lowest BCUT2D eigenvalue weighted by Gasteiger charge is -2.24. The van der Waals surface area contributed by atoms with Crippen LogP contribution in [-0.2, 0) is 16.2 Å². The van der Waals surface area contributed by atoms with E-state index in [0.29, 0.717) is 6.54 Å². The maximum Gasteiger partial charge on any atom is 0.191 e. The Morgan fingerprint density at radius 1 is 1.08 bits per heavy atom. The van der Waals surface area contributed by atoms with Gasteiger partial charge in [-0.15, -0.1) is 0 Å². The Labute approximate surface area is 141 Å². The highest BCUT2D eigenvalue weighted by atomic mass is 16.7. The zero-order chi connectivity index (χ0) is 17.4. The number of para-hydroxylation sites is 1. The zero-order valence-corrected chi connectivity index (χ0v) is 13.5. The predicted octanol–water partition coefficient (Wildman–Crippen LogP) is 1.76. The average Bonchev–Trinajstić information content (AvgIpc) is 2.60. The Bertz CT molecular complexity index is 578. The average molecular weight is 330 g/mol. The molecule has 0 unspecified atom stereocenters. The van der Waals surface area contributed by atoms with Crippen LogP contribution in [0.1, 0.15) is 12.5 Å². The van der Waals surface area contributed by atoms with Crippen molar-refractivity contribution in [3.05, 3.63) is 66.2 Å². The van der Waals surface area contributed by atoms with Gasteiger partial charge in [-0.2, -0.15) is 0 Å². The maximum atomic E-state index is 11.8. The Morgan fingerprint density at radius 2 is 1.67 bits per heavy atom. The lowest BCUT2D eigenvalue weighted by Crippen LogP contribution is -2.38. The van der Waals surface area contributed by atoms with E-state index >= 15 is 0 Å². The fourth-order valence-corrected chi connectivity index (χ4v) is 2.02. The van der Waals surface area contributed by atoms with Crippen LogP contribution in [0, 0.1) is 0 Å². The van der Waals surface area contributed by atoms with Crippen LogP contribution < -0.4 is 5.43 Å². The lowest BCUT2D eigenvalue weighted by atomic mass is 10.1. The molecule has 0 saturated carbocycles. The van der Waals surface area contributed by atoms with Crippen LogP contribution in [0.25, 0.3) is 0 Å². The van der Waals surface area contributed by atoms with Gasteiger partial charge in [-0.05, 0) is 24.6 Å². The molecular weight excluding hydrogens is 308 g/mol. The molecule has 0 bridgehead atoms. The maximum absolute atomic E-state index is 11.8. The molecule has 2 aromatic carbocycles. The Kier molecular flexibility index (Phi) is 6.89. The summed E-state index contributed by atoms with van der Waals surface area (Å²) in [6.45, 7) is 1.40. The van der Waals surface area contributed by atoms with Crippen molar-refractivity contribution in [2.24, 2.45) is 0 Å². The molecule has 0 aromatic heterocycles. The number of aliphatic hydroxyl groups is 2. The van der Waals surface area contributed by atoms with E-state index in [2.05, 4.69) is 5.43 Å². The molecule has 6 heteroatoms. The van der Waals surface area contributed by atoms with E-state index in [0.717, 1.165) is 11.3 Å². The van der Waals surface area contributed by atoms with Crippen molar-refractivity contribution >= 4 is 11.5 Å². The monoisotopic (exact) mass is 330 g/mol. The van der Waals surface area contributed by atoms with Gasteiger partial charge in [-0.3, -0.25) is 15.1 Å². The Hall–Kier alpha value is -2.25. The molecule has 2 rings (SSSR count). The second-order valence-electron chi connectivity index (χ2n) is 5.43. The van der Waals surface area contributed by atoms with Crippen molar-refractivity contribution in [1.82, 2.24) is 5.17 Å². The van der Waals surface area contributed by atoms with Crippen LogP contribution in [0.15, 0.2) is 60.7 Å². The molecule has 0 spiro atoms. The number of carbonyl (C=O) groups excluding carboxylic acids is 1. The van der Waals surface area contributed by atoms with E-state index in [-0.39, 0.29) is 6.61 Å². The van der Waals surface area contributed by atoms with Gasteiger partial charge >= 0.3 is 0 Å². The topological polar surface area (TPSA) is 82.0 Å². The molecule has 128 valence electrons. The third-order valence-electron chi connectivity index (χ3n) is 3.35. The van der Waals surface area contributed by atoms with E-state index in [1.54, 1.807) is 0 Å². The first-order valence-electron chi connectivity index (χ1n) is 7.71. The SMILES string of the molecule is C[C@H](O)[C@H](O)C(=O)CON(Cc1ccccc1)Nc1ccccc1. The normalized spacial score (nSPS) is 13.5. The molecule has 24 heavy (non-hydrogen) atoms. The first-order chi connectivity index (χ1) is 11.6. The molecule has 0 amide bonds. The summed E-state index contributed by atoms with van der Waals surface area (Å²) in [6.07, 6.45) is -2.59. The summed E-state index contributed by atoms with van der Waals surface area (Å²) in [4.78, 5) is 17.3. The predicted molar refractivity (Wildman–Crippen MR) is 90.7 cm³/mol. The van der Waals surface area contributed by atoms with Crippen LogP contribution in [0.3, 0.4) is 0 Å². The van der Waals surface area contributed by atoms with Gasteiger partial charge in [-0.25, -0.2) is 0 Å². The summed E-state index contributed by atoms with van der Waals surface area (Å²) in [7, 11) is 0. The molecular formula is C18H22N2O4. The number of rotatable bonds is 9. The minimum atomic E-state index is -1.46. The number of hydrogen-bond donors (Lipinski definition) is 3. The summed E-state index contributed by atoms with van der Waals surface area (Å²) in [5.74, 6) is -0.585. The van der Waals surface area contributed by atoms with Gasteiger partial charge in [0.2, 0.25) is 0 Å². The summed E-state index contributed by atoms with van der Waals surface area (Å²) in [5.41, 5.74) is 4.86. The molecule has 0 fully saturated rings. The van der Waals surface area contributed by atoms with Crippen molar-refractivity contribution < 1.29 is 19.8 Å². The molecule has 3 N–H and O–H groups in total. The highest BCUT2D eigenvalue weighted by Gasteiger charge is 2.21. The van der Waals surface area contributed by atoms with Crippen LogP contribution in [0.4, 0.5) is 5.69 Å². The summed E-state index contributed by atoms with van der Waals surface area (Å²) in [5, 5.41) is 20.3. The van der Waals surface area contributed by atoms with Crippen LogP contribution in [0.5, 0.6) is 0 Å². The quantitative estimate of drug-likeness (QED) is 0.608. The molecule has 0 radical (unpaired) electrons. The smallest absolute Gasteiger partial charge is 0.191 e. The van der Waals surface area contributed by atoms with Crippen molar-refractivity contribution in [3.8, 4) is 0 Å². The summed E-state index contributed by atoms with van der Waals surface area (Å²) < 4.78 is 0. The number of anilines is 1. The first-order valence-corrected chi connectivity index (χ1v) is 7.71. The van der Waals surface area contributed by atoms with Gasteiger partial charge in [0.15, 0.2) is 5.78 Å². The molecule has 0 aliphatic carbocycles. The summed E-state index contributed by atoms with van der Waals surface area (Å²) >= 11 is 0. The number of hydrogen-bond acceptors (Lipinski definition) is 6. The first kappa shape index (κ1) is 18.1. The fourth-order valence-electron chi connectivity index (χ4n) is 2.02. The van der Waals surface area contributed by atoms with E-state index in [4.69, 9.17) is 4.84 Å². The Balaban J connectivity index is 2.01. The van der Waals surface area contributed by atoms with Gasteiger partial charge in [0.05, 0.1) is 18.3 Å². The molecule has 2 aromatic rings. The van der Waals surface area contributed by atoms with Gasteiger partial charge in [-0.1, -0.05) is 53.7 Å². The summed E-state index contributed by atoms with van der Waals surface area (Å²) in [6, 6.07) is 19.0. The number of nitrogens with zero attached hydrogens (tertiary/aromatic N) is 1. The number of aliphatic hydroxyl groups excluding tert-OH is 2. The van der Waals surface area contributed by atoms with Crippen molar-refractivity contribution in [1.29, 1.82) is 0 Å². The molecule has 2 atom stereocenters. The zero-order valence-electron chi connectivity index (χ0n) is 13.5. The number of carbonyl (C=O) groups is 1. The second kappa shape index (κ2) is 9.14. The number of hydrazine groups is 1. The van der Waals surface area contributed by atoms with Crippen molar-refractivity contribution in [2.45, 2.75) is 25.7 Å². The van der Waals surface area contributed by atoms with Gasteiger partial charge in [0, 0.05) is 0 Å². The fraction of sp³-hybridized carbons (Fsp3) is 0.278. The number of benzene rings is 2. The Morgan fingerprint density at radius 3 is 2.25 bits per heavy atom. The van der Waals surface area contributed by atoms with Crippen LogP contribution in [0.2, 0.25) is 0 Å². The van der Waals surface area contributed by atoms with Gasteiger partial charge in [0.1, 0.15) is 12.7 Å².